The minimum absolute atomic E-state index is 0.0544. The molecule has 6 heteroatoms. The molecule has 0 atom stereocenters. The van der Waals surface area contributed by atoms with E-state index in [2.05, 4.69) is 0 Å². The zero-order valence-corrected chi connectivity index (χ0v) is 15.6. The highest BCUT2D eigenvalue weighted by molar-refractivity contribution is 7.87. The highest BCUT2D eigenvalue weighted by Crippen LogP contribution is 2.33. The van der Waals surface area contributed by atoms with Gasteiger partial charge in [0.2, 0.25) is 5.91 Å². The molecule has 25 heavy (non-hydrogen) atoms. The van der Waals surface area contributed by atoms with Crippen LogP contribution in [0.2, 0.25) is 0 Å². The molecule has 0 N–H and O–H groups in total. The van der Waals surface area contributed by atoms with Crippen LogP contribution in [0.1, 0.15) is 29.2 Å². The third kappa shape index (κ3) is 3.26. The normalized spacial score (nSPS) is 13.7. The van der Waals surface area contributed by atoms with Crippen molar-refractivity contribution < 1.29 is 17.4 Å². The summed E-state index contributed by atoms with van der Waals surface area (Å²) in [4.78, 5) is 13.4. The van der Waals surface area contributed by atoms with Gasteiger partial charge in [-0.1, -0.05) is 23.8 Å². The fraction of sp³-hybridized carbons (Fsp3) is 0.316. The summed E-state index contributed by atoms with van der Waals surface area (Å²) in [5.74, 6) is 0.258. The zero-order valence-electron chi connectivity index (χ0n) is 14.8. The highest BCUT2D eigenvalue weighted by atomic mass is 32.2. The first kappa shape index (κ1) is 17.5. The summed E-state index contributed by atoms with van der Waals surface area (Å²) in [5, 5.41) is 0. The summed E-state index contributed by atoms with van der Waals surface area (Å²) >= 11 is 0. The number of benzene rings is 2. The first-order valence-electron chi connectivity index (χ1n) is 8.12. The molecule has 132 valence electrons. The predicted molar refractivity (Wildman–Crippen MR) is 96.6 cm³/mol. The second kappa shape index (κ2) is 6.19. The molecule has 1 heterocycles. The molecule has 0 radical (unpaired) electrons. The number of carbonyl (C=O) groups is 1. The Morgan fingerprint density at radius 3 is 2.32 bits per heavy atom. The Hall–Kier alpha value is -2.34. The summed E-state index contributed by atoms with van der Waals surface area (Å²) in [6.07, 6.45) is 0.728. The van der Waals surface area contributed by atoms with E-state index in [1.807, 2.05) is 32.9 Å². The molecule has 1 aliphatic rings. The molecule has 5 nitrogen and oxygen atoms in total. The minimum Gasteiger partial charge on any atom is -0.378 e. The van der Waals surface area contributed by atoms with Gasteiger partial charge in [0.05, 0.1) is 0 Å². The lowest BCUT2D eigenvalue weighted by molar-refractivity contribution is -0.116. The number of carbonyl (C=O) groups excluding carboxylic acids is 1. The number of nitrogens with zero attached hydrogens (tertiary/aromatic N) is 1. The Morgan fingerprint density at radius 1 is 1.08 bits per heavy atom. The standard InChI is InChI=1S/C19H21NO4S/c1-12-9-13(2)19(14(3)10-12)24-25(22,23)17-6-5-16-7-8-20(15(4)21)18(16)11-17/h5-6,9-11H,7-8H2,1-4H3. The highest BCUT2D eigenvalue weighted by Gasteiger charge is 2.26. The van der Waals surface area contributed by atoms with Gasteiger partial charge in [0, 0.05) is 19.2 Å². The maximum atomic E-state index is 12.7. The molecular formula is C19H21NO4S. The largest absolute Gasteiger partial charge is 0.378 e. The van der Waals surface area contributed by atoms with Crippen LogP contribution >= 0.6 is 0 Å². The number of amides is 1. The van der Waals surface area contributed by atoms with Gasteiger partial charge in [-0.25, -0.2) is 0 Å². The van der Waals surface area contributed by atoms with E-state index in [0.29, 0.717) is 18.0 Å². The van der Waals surface area contributed by atoms with Crippen LogP contribution in [0.15, 0.2) is 35.2 Å². The number of aryl methyl sites for hydroxylation is 3. The molecule has 0 saturated carbocycles. The fourth-order valence-corrected chi connectivity index (χ4v) is 4.37. The molecule has 0 aliphatic carbocycles. The average Bonchev–Trinajstić information content (AvgIpc) is 2.94. The fourth-order valence-electron chi connectivity index (χ4n) is 3.30. The van der Waals surface area contributed by atoms with Gasteiger partial charge in [-0.05, 0) is 56.0 Å². The van der Waals surface area contributed by atoms with Crippen molar-refractivity contribution in [2.75, 3.05) is 11.4 Å². The van der Waals surface area contributed by atoms with Crippen LogP contribution in [0, 0.1) is 20.8 Å². The van der Waals surface area contributed by atoms with E-state index < -0.39 is 10.1 Å². The molecule has 0 aromatic heterocycles. The van der Waals surface area contributed by atoms with Crippen LogP contribution in [-0.2, 0) is 21.3 Å². The Morgan fingerprint density at radius 2 is 1.72 bits per heavy atom. The molecular weight excluding hydrogens is 338 g/mol. The third-order valence-corrected chi connectivity index (χ3v) is 5.64. The molecule has 1 amide bonds. The van der Waals surface area contributed by atoms with Gasteiger partial charge in [-0.15, -0.1) is 0 Å². The summed E-state index contributed by atoms with van der Waals surface area (Å²) in [5.41, 5.74) is 4.21. The van der Waals surface area contributed by atoms with Gasteiger partial charge >= 0.3 is 10.1 Å². The van der Waals surface area contributed by atoms with Gasteiger partial charge < -0.3 is 9.08 Å². The maximum Gasteiger partial charge on any atom is 0.339 e. The second-order valence-corrected chi connectivity index (χ2v) is 8.02. The van der Waals surface area contributed by atoms with Crippen molar-refractivity contribution in [3.8, 4) is 5.75 Å². The lowest BCUT2D eigenvalue weighted by Gasteiger charge is -2.16. The molecule has 1 aliphatic heterocycles. The zero-order chi connectivity index (χ0) is 18.4. The molecule has 0 saturated heterocycles. The number of hydrogen-bond acceptors (Lipinski definition) is 4. The average molecular weight is 359 g/mol. The van der Waals surface area contributed by atoms with Crippen molar-refractivity contribution in [1.29, 1.82) is 0 Å². The van der Waals surface area contributed by atoms with Crippen LogP contribution in [0.3, 0.4) is 0 Å². The molecule has 3 rings (SSSR count). The van der Waals surface area contributed by atoms with E-state index in [-0.39, 0.29) is 10.8 Å². The summed E-state index contributed by atoms with van der Waals surface area (Å²) < 4.78 is 30.9. The van der Waals surface area contributed by atoms with E-state index in [1.165, 1.54) is 19.1 Å². The Balaban J connectivity index is 2.00. The third-order valence-electron chi connectivity index (χ3n) is 4.42. The smallest absolute Gasteiger partial charge is 0.339 e. The maximum absolute atomic E-state index is 12.7. The van der Waals surface area contributed by atoms with Crippen LogP contribution in [0.5, 0.6) is 5.75 Å². The summed E-state index contributed by atoms with van der Waals surface area (Å²) in [6, 6.07) is 8.59. The van der Waals surface area contributed by atoms with E-state index in [0.717, 1.165) is 28.7 Å². The molecule has 0 unspecified atom stereocenters. The van der Waals surface area contributed by atoms with Crippen molar-refractivity contribution in [2.24, 2.45) is 0 Å². The van der Waals surface area contributed by atoms with Crippen molar-refractivity contribution in [3.63, 3.8) is 0 Å². The van der Waals surface area contributed by atoms with Gasteiger partial charge in [-0.2, -0.15) is 8.42 Å². The number of anilines is 1. The van der Waals surface area contributed by atoms with Gasteiger partial charge in [0.1, 0.15) is 10.6 Å². The van der Waals surface area contributed by atoms with Crippen molar-refractivity contribution >= 4 is 21.7 Å². The first-order chi connectivity index (χ1) is 11.7. The molecule has 0 fully saturated rings. The van der Waals surface area contributed by atoms with Gasteiger partial charge in [0.15, 0.2) is 0 Å². The van der Waals surface area contributed by atoms with Crippen molar-refractivity contribution in [2.45, 2.75) is 39.0 Å². The minimum atomic E-state index is -3.98. The number of hydrogen-bond donors (Lipinski definition) is 0. The quantitative estimate of drug-likeness (QED) is 0.789. The Labute approximate surface area is 148 Å². The topological polar surface area (TPSA) is 63.7 Å². The van der Waals surface area contributed by atoms with Gasteiger partial charge in [-0.3, -0.25) is 4.79 Å². The van der Waals surface area contributed by atoms with Crippen molar-refractivity contribution in [3.05, 3.63) is 52.6 Å². The van der Waals surface area contributed by atoms with E-state index in [1.54, 1.807) is 11.0 Å². The lowest BCUT2D eigenvalue weighted by Crippen LogP contribution is -2.26. The molecule has 0 bridgehead atoms. The van der Waals surface area contributed by atoms with Gasteiger partial charge in [0.25, 0.3) is 0 Å². The number of fused-ring (bicyclic) bond motifs is 1. The SMILES string of the molecule is CC(=O)N1CCc2ccc(S(=O)(=O)Oc3c(C)cc(C)cc3C)cc21. The van der Waals surface area contributed by atoms with Crippen LogP contribution in [0.4, 0.5) is 5.69 Å². The lowest BCUT2D eigenvalue weighted by atomic mass is 10.1. The van der Waals surface area contributed by atoms with Crippen molar-refractivity contribution in [1.82, 2.24) is 0 Å². The Kier molecular flexibility index (Phi) is 4.33. The summed E-state index contributed by atoms with van der Waals surface area (Å²) in [7, 11) is -3.98. The van der Waals surface area contributed by atoms with E-state index >= 15 is 0 Å². The Bertz CT molecular complexity index is 940. The predicted octanol–water partition coefficient (Wildman–Crippen LogP) is 3.29. The van der Waals surface area contributed by atoms with Crippen LogP contribution in [-0.4, -0.2) is 20.9 Å². The first-order valence-corrected chi connectivity index (χ1v) is 9.53. The van der Waals surface area contributed by atoms with Crippen LogP contribution < -0.4 is 9.08 Å². The van der Waals surface area contributed by atoms with E-state index in [9.17, 15) is 13.2 Å². The van der Waals surface area contributed by atoms with E-state index in [4.69, 9.17) is 4.18 Å². The number of rotatable bonds is 3. The summed E-state index contributed by atoms with van der Waals surface area (Å²) in [6.45, 7) is 7.65. The monoisotopic (exact) mass is 359 g/mol. The molecule has 2 aromatic rings. The van der Waals surface area contributed by atoms with Crippen LogP contribution in [0.25, 0.3) is 0 Å². The molecule has 0 spiro atoms. The molecule has 2 aromatic carbocycles. The second-order valence-electron chi connectivity index (χ2n) is 6.48.